The third-order valence-electron chi connectivity index (χ3n) is 2.52. The maximum absolute atomic E-state index is 11.4. The minimum absolute atomic E-state index is 0.0338. The second kappa shape index (κ2) is 10.1. The highest BCUT2D eigenvalue weighted by atomic mass is 16.5. The lowest BCUT2D eigenvalue weighted by molar-refractivity contribution is -0.140. The Morgan fingerprint density at radius 1 is 1.29 bits per heavy atom. The van der Waals surface area contributed by atoms with E-state index in [2.05, 4.69) is 12.2 Å². The van der Waals surface area contributed by atoms with Gasteiger partial charge in [-0.15, -0.1) is 0 Å². The first-order valence-electron chi connectivity index (χ1n) is 6.11. The zero-order valence-corrected chi connectivity index (χ0v) is 10.7. The number of hydrogen-bond donors (Lipinski definition) is 2. The van der Waals surface area contributed by atoms with Crippen molar-refractivity contribution in [1.82, 2.24) is 5.32 Å². The van der Waals surface area contributed by atoms with Gasteiger partial charge in [0.15, 0.2) is 0 Å². The molecule has 1 unspecified atom stereocenters. The van der Waals surface area contributed by atoms with E-state index in [1.165, 1.54) is 7.11 Å². The summed E-state index contributed by atoms with van der Waals surface area (Å²) in [7, 11) is 1.45. The predicted molar refractivity (Wildman–Crippen MR) is 64.8 cm³/mol. The van der Waals surface area contributed by atoms with E-state index in [4.69, 9.17) is 9.84 Å². The largest absolute Gasteiger partial charge is 0.481 e. The number of methoxy groups -OCH3 is 1. The number of ether oxygens (including phenoxy) is 1. The van der Waals surface area contributed by atoms with Crippen molar-refractivity contribution in [3.8, 4) is 0 Å². The highest BCUT2D eigenvalue weighted by Crippen LogP contribution is 2.02. The van der Waals surface area contributed by atoms with E-state index in [-0.39, 0.29) is 18.9 Å². The van der Waals surface area contributed by atoms with Crippen LogP contribution in [0.4, 0.5) is 0 Å². The van der Waals surface area contributed by atoms with E-state index in [1.807, 2.05) is 0 Å². The number of rotatable bonds is 10. The standard InChI is InChI=1S/C12H23NO4/c1-3-4-5-6-7-11(14)13-9-10(17-2)8-12(15)16/h10H,3-9H2,1-2H3,(H,13,14)(H,15,16). The average molecular weight is 245 g/mol. The molecule has 0 saturated carbocycles. The number of carbonyl (C=O) groups is 2. The monoisotopic (exact) mass is 245 g/mol. The molecule has 0 rings (SSSR count). The van der Waals surface area contributed by atoms with Crippen molar-refractivity contribution >= 4 is 11.9 Å². The van der Waals surface area contributed by atoms with Crippen molar-refractivity contribution < 1.29 is 19.4 Å². The van der Waals surface area contributed by atoms with Gasteiger partial charge in [0.2, 0.25) is 5.91 Å². The van der Waals surface area contributed by atoms with Crippen LogP contribution in [0.5, 0.6) is 0 Å². The summed E-state index contributed by atoms with van der Waals surface area (Å²) in [6, 6.07) is 0. The first-order chi connectivity index (χ1) is 8.10. The van der Waals surface area contributed by atoms with Crippen LogP contribution in [-0.4, -0.2) is 36.7 Å². The molecule has 0 aliphatic heterocycles. The number of amides is 1. The maximum Gasteiger partial charge on any atom is 0.306 e. The second-order valence-electron chi connectivity index (χ2n) is 4.07. The van der Waals surface area contributed by atoms with E-state index < -0.39 is 12.1 Å². The molecule has 0 radical (unpaired) electrons. The highest BCUT2D eigenvalue weighted by molar-refractivity contribution is 5.76. The molecular weight excluding hydrogens is 222 g/mol. The summed E-state index contributed by atoms with van der Waals surface area (Å²) < 4.78 is 4.96. The van der Waals surface area contributed by atoms with E-state index in [1.54, 1.807) is 0 Å². The van der Waals surface area contributed by atoms with Crippen LogP contribution < -0.4 is 5.32 Å². The molecule has 0 spiro atoms. The van der Waals surface area contributed by atoms with Gasteiger partial charge in [-0.2, -0.15) is 0 Å². The van der Waals surface area contributed by atoms with Gasteiger partial charge in [-0.1, -0.05) is 26.2 Å². The third-order valence-corrected chi connectivity index (χ3v) is 2.52. The maximum atomic E-state index is 11.4. The van der Waals surface area contributed by atoms with E-state index >= 15 is 0 Å². The van der Waals surface area contributed by atoms with Crippen LogP contribution in [0.2, 0.25) is 0 Å². The fourth-order valence-electron chi connectivity index (χ4n) is 1.46. The van der Waals surface area contributed by atoms with Crippen molar-refractivity contribution in [3.05, 3.63) is 0 Å². The van der Waals surface area contributed by atoms with Crippen molar-refractivity contribution in [2.45, 2.75) is 51.6 Å². The van der Waals surface area contributed by atoms with Gasteiger partial charge in [0.1, 0.15) is 0 Å². The number of carboxylic acids is 1. The van der Waals surface area contributed by atoms with Crippen LogP contribution in [0.1, 0.15) is 45.4 Å². The van der Waals surface area contributed by atoms with Gasteiger partial charge in [-0.05, 0) is 6.42 Å². The van der Waals surface area contributed by atoms with Crippen LogP contribution in [-0.2, 0) is 14.3 Å². The first kappa shape index (κ1) is 15.9. The summed E-state index contributed by atoms with van der Waals surface area (Å²) in [5.41, 5.74) is 0. The summed E-state index contributed by atoms with van der Waals surface area (Å²) in [5.74, 6) is -0.956. The van der Waals surface area contributed by atoms with Gasteiger partial charge in [-0.3, -0.25) is 9.59 Å². The molecule has 0 saturated heterocycles. The van der Waals surface area contributed by atoms with Crippen LogP contribution in [0.15, 0.2) is 0 Å². The van der Waals surface area contributed by atoms with Gasteiger partial charge >= 0.3 is 5.97 Å². The lowest BCUT2D eigenvalue weighted by Gasteiger charge is -2.13. The van der Waals surface area contributed by atoms with Crippen molar-refractivity contribution in [2.75, 3.05) is 13.7 Å². The molecule has 2 N–H and O–H groups in total. The summed E-state index contributed by atoms with van der Waals surface area (Å²) in [6.45, 7) is 2.38. The van der Waals surface area contributed by atoms with Gasteiger partial charge in [0.05, 0.1) is 12.5 Å². The van der Waals surface area contributed by atoms with Crippen LogP contribution in [0, 0.1) is 0 Å². The van der Waals surface area contributed by atoms with Crippen LogP contribution >= 0.6 is 0 Å². The van der Waals surface area contributed by atoms with Crippen molar-refractivity contribution in [1.29, 1.82) is 0 Å². The number of hydrogen-bond acceptors (Lipinski definition) is 3. The minimum atomic E-state index is -0.922. The van der Waals surface area contributed by atoms with Crippen molar-refractivity contribution in [2.24, 2.45) is 0 Å². The van der Waals surface area contributed by atoms with E-state index in [0.29, 0.717) is 6.42 Å². The fraction of sp³-hybridized carbons (Fsp3) is 0.833. The molecule has 0 aliphatic carbocycles. The first-order valence-corrected chi connectivity index (χ1v) is 6.11. The average Bonchev–Trinajstić information content (AvgIpc) is 2.29. The summed E-state index contributed by atoms with van der Waals surface area (Å²) in [6.07, 6.45) is 4.20. The minimum Gasteiger partial charge on any atom is -0.481 e. The zero-order chi connectivity index (χ0) is 13.1. The number of nitrogens with one attached hydrogen (secondary N) is 1. The Hall–Kier alpha value is -1.10. The summed E-state index contributed by atoms with van der Waals surface area (Å²) in [5, 5.41) is 11.3. The summed E-state index contributed by atoms with van der Waals surface area (Å²) in [4.78, 5) is 21.9. The SMILES string of the molecule is CCCCCCC(=O)NCC(CC(=O)O)OC. The quantitative estimate of drug-likeness (QED) is 0.573. The molecule has 0 fully saturated rings. The zero-order valence-electron chi connectivity index (χ0n) is 10.7. The summed E-state index contributed by atoms with van der Waals surface area (Å²) >= 11 is 0. The molecule has 0 aromatic carbocycles. The molecule has 0 heterocycles. The molecule has 1 atom stereocenters. The normalized spacial score (nSPS) is 12.1. The van der Waals surface area contributed by atoms with Crippen molar-refractivity contribution in [3.63, 3.8) is 0 Å². The molecular formula is C12H23NO4. The van der Waals surface area contributed by atoms with Gasteiger partial charge < -0.3 is 15.2 Å². The Morgan fingerprint density at radius 3 is 2.53 bits per heavy atom. The number of carboxylic acid groups (broad SMARTS) is 1. The number of unbranched alkanes of at least 4 members (excludes halogenated alkanes) is 3. The van der Waals surface area contributed by atoms with E-state index in [9.17, 15) is 9.59 Å². The highest BCUT2D eigenvalue weighted by Gasteiger charge is 2.13. The lowest BCUT2D eigenvalue weighted by atomic mass is 10.1. The molecule has 0 aliphatic rings. The topological polar surface area (TPSA) is 75.6 Å². The molecule has 0 aromatic heterocycles. The molecule has 0 aromatic rings. The molecule has 100 valence electrons. The third kappa shape index (κ3) is 9.81. The Labute approximate surface area is 103 Å². The Kier molecular flexibility index (Phi) is 9.43. The predicted octanol–water partition coefficient (Wildman–Crippen LogP) is 1.56. The Bertz CT molecular complexity index is 231. The fourth-order valence-corrected chi connectivity index (χ4v) is 1.46. The van der Waals surface area contributed by atoms with Crippen LogP contribution in [0.25, 0.3) is 0 Å². The Morgan fingerprint density at radius 2 is 2.00 bits per heavy atom. The van der Waals surface area contributed by atoms with Gasteiger partial charge in [0.25, 0.3) is 0 Å². The molecule has 1 amide bonds. The number of aliphatic carboxylic acids is 1. The molecule has 5 nitrogen and oxygen atoms in total. The van der Waals surface area contributed by atoms with Gasteiger partial charge in [-0.25, -0.2) is 0 Å². The second-order valence-corrected chi connectivity index (χ2v) is 4.07. The van der Waals surface area contributed by atoms with Crippen LogP contribution in [0.3, 0.4) is 0 Å². The molecule has 17 heavy (non-hydrogen) atoms. The smallest absolute Gasteiger partial charge is 0.306 e. The lowest BCUT2D eigenvalue weighted by Crippen LogP contribution is -2.34. The van der Waals surface area contributed by atoms with E-state index in [0.717, 1.165) is 25.7 Å². The van der Waals surface area contributed by atoms with Gasteiger partial charge in [0, 0.05) is 20.1 Å². The molecule has 0 bridgehead atoms. The molecule has 5 heteroatoms. The number of carbonyl (C=O) groups excluding carboxylic acids is 1. The Balaban J connectivity index is 3.62.